The number of thiophene rings is 1. The van der Waals surface area contributed by atoms with Crippen molar-refractivity contribution in [2.75, 3.05) is 6.54 Å². The maximum Gasteiger partial charge on any atom is 0.0285 e. The quantitative estimate of drug-likeness (QED) is 0.851. The van der Waals surface area contributed by atoms with E-state index < -0.39 is 0 Å². The lowest BCUT2D eigenvalue weighted by Crippen LogP contribution is -2.33. The zero-order chi connectivity index (χ0) is 13.1. The highest BCUT2D eigenvalue weighted by Crippen LogP contribution is 2.39. The van der Waals surface area contributed by atoms with E-state index in [1.165, 1.54) is 35.0 Å². The Labute approximate surface area is 123 Å². The van der Waals surface area contributed by atoms with Crippen LogP contribution in [0.3, 0.4) is 0 Å². The second kappa shape index (κ2) is 6.53. The van der Waals surface area contributed by atoms with Gasteiger partial charge in [-0.15, -0.1) is 11.3 Å². The van der Waals surface area contributed by atoms with Crippen molar-refractivity contribution in [2.24, 2.45) is 29.4 Å². The van der Waals surface area contributed by atoms with Crippen LogP contribution < -0.4 is 5.73 Å². The summed E-state index contributed by atoms with van der Waals surface area (Å²) < 4.78 is 1.23. The highest BCUT2D eigenvalue weighted by atomic mass is 79.9. The molecule has 3 heteroatoms. The molecule has 1 aromatic rings. The fourth-order valence-electron chi connectivity index (χ4n) is 3.25. The van der Waals surface area contributed by atoms with E-state index in [1.54, 1.807) is 0 Å². The van der Waals surface area contributed by atoms with E-state index in [0.29, 0.717) is 0 Å². The van der Waals surface area contributed by atoms with Crippen LogP contribution in [0.25, 0.3) is 0 Å². The van der Waals surface area contributed by atoms with Crippen molar-refractivity contribution in [2.45, 2.75) is 39.5 Å². The summed E-state index contributed by atoms with van der Waals surface area (Å²) in [6.45, 7) is 5.60. The molecule has 0 bridgehead atoms. The first-order chi connectivity index (χ1) is 8.60. The topological polar surface area (TPSA) is 26.0 Å². The van der Waals surface area contributed by atoms with E-state index in [4.69, 9.17) is 5.73 Å². The standard InChI is InChI=1S/C15H24BrNS/c1-10(2)11-3-4-12(8-17)13(5-11)6-15-7-14(16)9-18-15/h7,9-13H,3-6,8,17H2,1-2H3. The van der Waals surface area contributed by atoms with Crippen LogP contribution in [0.4, 0.5) is 0 Å². The van der Waals surface area contributed by atoms with Gasteiger partial charge in [-0.25, -0.2) is 0 Å². The average Bonchev–Trinajstić information content (AvgIpc) is 2.74. The summed E-state index contributed by atoms with van der Waals surface area (Å²) in [6, 6.07) is 2.28. The van der Waals surface area contributed by atoms with Gasteiger partial charge >= 0.3 is 0 Å². The number of hydrogen-bond donors (Lipinski definition) is 1. The van der Waals surface area contributed by atoms with Gasteiger partial charge < -0.3 is 5.73 Å². The van der Waals surface area contributed by atoms with Crippen molar-refractivity contribution in [3.63, 3.8) is 0 Å². The normalized spacial score (nSPS) is 28.8. The summed E-state index contributed by atoms with van der Waals surface area (Å²) in [7, 11) is 0. The van der Waals surface area contributed by atoms with E-state index >= 15 is 0 Å². The minimum absolute atomic E-state index is 0.737. The molecule has 1 nitrogen and oxygen atoms in total. The summed E-state index contributed by atoms with van der Waals surface area (Å²) in [5.74, 6) is 3.25. The smallest absolute Gasteiger partial charge is 0.0285 e. The first-order valence-electron chi connectivity index (χ1n) is 7.03. The van der Waals surface area contributed by atoms with E-state index in [9.17, 15) is 0 Å². The Kier molecular flexibility index (Phi) is 5.28. The molecular formula is C15H24BrNS. The van der Waals surface area contributed by atoms with Gasteiger partial charge in [0.25, 0.3) is 0 Å². The Bertz CT molecular complexity index is 374. The Morgan fingerprint density at radius 3 is 2.72 bits per heavy atom. The van der Waals surface area contributed by atoms with Crippen molar-refractivity contribution >= 4 is 27.3 Å². The van der Waals surface area contributed by atoms with Gasteiger partial charge in [-0.1, -0.05) is 13.8 Å². The van der Waals surface area contributed by atoms with Crippen LogP contribution in [0.5, 0.6) is 0 Å². The third kappa shape index (κ3) is 3.58. The van der Waals surface area contributed by atoms with Crippen molar-refractivity contribution < 1.29 is 0 Å². The second-order valence-corrected chi connectivity index (χ2v) is 7.92. The zero-order valence-electron chi connectivity index (χ0n) is 11.4. The van der Waals surface area contributed by atoms with Crippen molar-refractivity contribution in [1.29, 1.82) is 0 Å². The fourth-order valence-corrected chi connectivity index (χ4v) is 4.79. The van der Waals surface area contributed by atoms with Crippen molar-refractivity contribution in [1.82, 2.24) is 0 Å². The molecule has 3 atom stereocenters. The van der Waals surface area contributed by atoms with Crippen LogP contribution in [-0.4, -0.2) is 6.54 Å². The number of rotatable bonds is 4. The van der Waals surface area contributed by atoms with Crippen molar-refractivity contribution in [3.8, 4) is 0 Å². The molecule has 0 amide bonds. The van der Waals surface area contributed by atoms with Crippen LogP contribution in [-0.2, 0) is 6.42 Å². The average molecular weight is 330 g/mol. The Balaban J connectivity index is 2.02. The lowest BCUT2D eigenvalue weighted by atomic mass is 9.69. The molecule has 0 spiro atoms. The molecule has 18 heavy (non-hydrogen) atoms. The molecule has 0 aromatic carbocycles. The Morgan fingerprint density at radius 2 is 2.17 bits per heavy atom. The molecule has 3 unspecified atom stereocenters. The molecule has 1 aliphatic carbocycles. The Hall–Kier alpha value is 0.140. The summed E-state index contributed by atoms with van der Waals surface area (Å²) in [6.07, 6.45) is 5.30. The lowest BCUT2D eigenvalue weighted by Gasteiger charge is -2.37. The SMILES string of the molecule is CC(C)C1CCC(CN)C(Cc2cc(Br)cs2)C1. The number of hydrogen-bond acceptors (Lipinski definition) is 2. The summed E-state index contributed by atoms with van der Waals surface area (Å²) >= 11 is 5.43. The van der Waals surface area contributed by atoms with Crippen LogP contribution in [0.15, 0.2) is 15.9 Å². The molecular weight excluding hydrogens is 306 g/mol. The molecule has 2 rings (SSSR count). The molecule has 1 aromatic heterocycles. The first kappa shape index (κ1) is 14.5. The number of nitrogens with two attached hydrogens (primary N) is 1. The van der Waals surface area contributed by atoms with Crippen molar-refractivity contribution in [3.05, 3.63) is 20.8 Å². The highest BCUT2D eigenvalue weighted by Gasteiger charge is 2.31. The third-order valence-electron chi connectivity index (χ3n) is 4.51. The molecule has 0 radical (unpaired) electrons. The van der Waals surface area contributed by atoms with Gasteiger partial charge in [0.1, 0.15) is 0 Å². The van der Waals surface area contributed by atoms with Crippen LogP contribution in [0.2, 0.25) is 0 Å². The zero-order valence-corrected chi connectivity index (χ0v) is 13.8. The van der Waals surface area contributed by atoms with E-state index in [2.05, 4.69) is 41.2 Å². The van der Waals surface area contributed by atoms with Gasteiger partial charge in [0, 0.05) is 14.7 Å². The Morgan fingerprint density at radius 1 is 1.39 bits per heavy atom. The maximum atomic E-state index is 5.97. The molecule has 1 saturated carbocycles. The predicted molar refractivity (Wildman–Crippen MR) is 83.9 cm³/mol. The molecule has 2 N–H and O–H groups in total. The summed E-state index contributed by atoms with van der Waals surface area (Å²) in [4.78, 5) is 1.51. The lowest BCUT2D eigenvalue weighted by molar-refractivity contribution is 0.152. The first-order valence-corrected chi connectivity index (χ1v) is 8.70. The van der Waals surface area contributed by atoms with Gasteiger partial charge in [0.05, 0.1) is 0 Å². The fraction of sp³-hybridized carbons (Fsp3) is 0.733. The molecule has 1 aliphatic rings. The van der Waals surface area contributed by atoms with Gasteiger partial charge in [0.15, 0.2) is 0 Å². The van der Waals surface area contributed by atoms with Crippen LogP contribution in [0.1, 0.15) is 38.0 Å². The van der Waals surface area contributed by atoms with Gasteiger partial charge in [-0.05, 0) is 77.9 Å². The summed E-state index contributed by atoms with van der Waals surface area (Å²) in [5, 5.41) is 2.19. The highest BCUT2D eigenvalue weighted by molar-refractivity contribution is 9.10. The van der Waals surface area contributed by atoms with Gasteiger partial charge in [-0.2, -0.15) is 0 Å². The van der Waals surface area contributed by atoms with Crippen LogP contribution >= 0.6 is 27.3 Å². The number of halogens is 1. The summed E-state index contributed by atoms with van der Waals surface area (Å²) in [5.41, 5.74) is 5.97. The maximum absolute atomic E-state index is 5.97. The molecule has 1 fully saturated rings. The third-order valence-corrected chi connectivity index (χ3v) is 6.23. The second-order valence-electron chi connectivity index (χ2n) is 6.01. The molecule has 0 aliphatic heterocycles. The minimum atomic E-state index is 0.737. The largest absolute Gasteiger partial charge is 0.330 e. The minimum Gasteiger partial charge on any atom is -0.330 e. The molecule has 1 heterocycles. The molecule has 102 valence electrons. The van der Waals surface area contributed by atoms with E-state index in [0.717, 1.165) is 30.2 Å². The van der Waals surface area contributed by atoms with Crippen LogP contribution in [0, 0.1) is 23.7 Å². The molecule has 0 saturated heterocycles. The monoisotopic (exact) mass is 329 g/mol. The van der Waals surface area contributed by atoms with E-state index in [1.807, 2.05) is 11.3 Å². The van der Waals surface area contributed by atoms with Gasteiger partial charge in [0.2, 0.25) is 0 Å². The van der Waals surface area contributed by atoms with Gasteiger partial charge in [-0.3, -0.25) is 0 Å². The van der Waals surface area contributed by atoms with E-state index in [-0.39, 0.29) is 0 Å². The predicted octanol–water partition coefficient (Wildman–Crippen LogP) is 4.70.